The Kier molecular flexibility index (Phi) is 4.07. The van der Waals surface area contributed by atoms with Crippen molar-refractivity contribution >= 4 is 0 Å². The highest BCUT2D eigenvalue weighted by molar-refractivity contribution is 5.43. The zero-order chi connectivity index (χ0) is 17.2. The number of halogens is 1. The molecule has 0 saturated carbocycles. The van der Waals surface area contributed by atoms with Gasteiger partial charge >= 0.3 is 0 Å². The third-order valence-electron chi connectivity index (χ3n) is 4.09. The Hall–Kier alpha value is -2.92. The van der Waals surface area contributed by atoms with Gasteiger partial charge in [0.1, 0.15) is 11.6 Å². The van der Waals surface area contributed by atoms with Crippen molar-refractivity contribution in [3.05, 3.63) is 89.5 Å². The van der Waals surface area contributed by atoms with Gasteiger partial charge in [0.2, 0.25) is 12.5 Å². The SMILES string of the molecule is Oc1ccc[n+](Cc2cc(F)cc3c2O[C@H](c2ccccc2)OC3)c1. The van der Waals surface area contributed by atoms with Crippen molar-refractivity contribution in [2.24, 2.45) is 0 Å². The highest BCUT2D eigenvalue weighted by Crippen LogP contribution is 2.36. The summed E-state index contributed by atoms with van der Waals surface area (Å²) in [6.07, 6.45) is 2.88. The Morgan fingerprint density at radius 3 is 2.76 bits per heavy atom. The molecule has 1 aliphatic heterocycles. The molecule has 1 aliphatic rings. The molecule has 1 aromatic heterocycles. The molecule has 126 valence electrons. The number of hydrogen-bond acceptors (Lipinski definition) is 3. The lowest BCUT2D eigenvalue weighted by Crippen LogP contribution is -2.34. The van der Waals surface area contributed by atoms with E-state index in [-0.39, 0.29) is 18.2 Å². The number of aromatic nitrogens is 1. The molecule has 0 unspecified atom stereocenters. The summed E-state index contributed by atoms with van der Waals surface area (Å²) in [7, 11) is 0. The van der Waals surface area contributed by atoms with Crippen LogP contribution in [0.3, 0.4) is 0 Å². The molecule has 4 rings (SSSR count). The monoisotopic (exact) mass is 338 g/mol. The fraction of sp³-hybridized carbons (Fsp3) is 0.150. The molecule has 3 aromatic rings. The Labute approximate surface area is 144 Å². The van der Waals surface area contributed by atoms with Gasteiger partial charge in [-0.2, -0.15) is 4.57 Å². The Morgan fingerprint density at radius 1 is 1.12 bits per heavy atom. The molecule has 2 heterocycles. The van der Waals surface area contributed by atoms with Gasteiger partial charge in [0.25, 0.3) is 0 Å². The number of nitrogens with zero attached hydrogens (tertiary/aromatic N) is 1. The van der Waals surface area contributed by atoms with Crippen molar-refractivity contribution in [2.75, 3.05) is 0 Å². The van der Waals surface area contributed by atoms with Crippen LogP contribution in [0.4, 0.5) is 4.39 Å². The van der Waals surface area contributed by atoms with Gasteiger partial charge in [-0.3, -0.25) is 0 Å². The minimum Gasteiger partial charge on any atom is -0.503 e. The number of benzene rings is 2. The van der Waals surface area contributed by atoms with E-state index in [1.165, 1.54) is 12.1 Å². The van der Waals surface area contributed by atoms with Crippen LogP contribution in [-0.4, -0.2) is 5.11 Å². The number of rotatable bonds is 3. The van der Waals surface area contributed by atoms with Gasteiger partial charge < -0.3 is 14.6 Å². The number of aromatic hydroxyl groups is 1. The molecule has 2 aromatic carbocycles. The quantitative estimate of drug-likeness (QED) is 0.744. The fourth-order valence-electron chi connectivity index (χ4n) is 2.97. The average Bonchev–Trinajstić information content (AvgIpc) is 2.62. The van der Waals surface area contributed by atoms with E-state index in [0.29, 0.717) is 23.4 Å². The van der Waals surface area contributed by atoms with Gasteiger partial charge in [-0.15, -0.1) is 0 Å². The van der Waals surface area contributed by atoms with Gasteiger partial charge in [-0.1, -0.05) is 30.3 Å². The van der Waals surface area contributed by atoms with Crippen LogP contribution in [0.15, 0.2) is 67.0 Å². The molecule has 1 N–H and O–H groups in total. The topological polar surface area (TPSA) is 42.6 Å². The number of pyridine rings is 1. The molecule has 1 atom stereocenters. The smallest absolute Gasteiger partial charge is 0.227 e. The van der Waals surface area contributed by atoms with E-state index in [9.17, 15) is 9.50 Å². The maximum absolute atomic E-state index is 14.0. The second-order valence-corrected chi connectivity index (χ2v) is 5.96. The first-order valence-corrected chi connectivity index (χ1v) is 8.01. The molecular formula is C20H17FNO3+. The summed E-state index contributed by atoms with van der Waals surface area (Å²) in [4.78, 5) is 0. The normalized spacial score (nSPS) is 16.1. The van der Waals surface area contributed by atoms with Crippen LogP contribution in [0.5, 0.6) is 11.5 Å². The molecule has 0 saturated heterocycles. The fourth-order valence-corrected chi connectivity index (χ4v) is 2.97. The summed E-state index contributed by atoms with van der Waals surface area (Å²) in [5.41, 5.74) is 2.30. The van der Waals surface area contributed by atoms with Crippen LogP contribution in [0.2, 0.25) is 0 Å². The van der Waals surface area contributed by atoms with Crippen molar-refractivity contribution in [3.8, 4) is 11.5 Å². The van der Waals surface area contributed by atoms with E-state index in [0.717, 1.165) is 5.56 Å². The molecule has 0 fully saturated rings. The second kappa shape index (κ2) is 6.53. The number of ether oxygens (including phenoxy) is 2. The van der Waals surface area contributed by atoms with Crippen LogP contribution < -0.4 is 9.30 Å². The Bertz CT molecular complexity index is 899. The molecule has 0 aliphatic carbocycles. The second-order valence-electron chi connectivity index (χ2n) is 5.96. The maximum atomic E-state index is 14.0. The standard InChI is InChI=1S/C20H16FNO3/c21-17-9-15(11-22-8-4-7-18(23)12-22)19-16(10-17)13-24-20(25-19)14-5-2-1-3-6-14/h1-10,12,20H,11,13H2/p+1/t20-/m1/s1. The summed E-state index contributed by atoms with van der Waals surface area (Å²) < 4.78 is 27.5. The Balaban J connectivity index is 1.68. The molecular weight excluding hydrogens is 321 g/mol. The van der Waals surface area contributed by atoms with Crippen molar-refractivity contribution in [1.82, 2.24) is 0 Å². The molecule has 4 nitrogen and oxygen atoms in total. The summed E-state index contributed by atoms with van der Waals surface area (Å²) in [5, 5.41) is 9.63. The van der Waals surface area contributed by atoms with E-state index < -0.39 is 6.29 Å². The molecule has 0 amide bonds. The summed E-state index contributed by atoms with van der Waals surface area (Å²) in [5.74, 6) is 0.455. The minimum absolute atomic E-state index is 0.152. The zero-order valence-corrected chi connectivity index (χ0v) is 13.4. The summed E-state index contributed by atoms with van der Waals surface area (Å²) in [6, 6.07) is 15.9. The van der Waals surface area contributed by atoms with Crippen LogP contribution in [-0.2, 0) is 17.9 Å². The predicted molar refractivity (Wildman–Crippen MR) is 88.4 cm³/mol. The molecule has 0 radical (unpaired) electrons. The average molecular weight is 338 g/mol. The number of fused-ring (bicyclic) bond motifs is 1. The lowest BCUT2D eigenvalue weighted by atomic mass is 10.1. The molecule has 0 spiro atoms. The Morgan fingerprint density at radius 2 is 1.96 bits per heavy atom. The van der Waals surface area contributed by atoms with Gasteiger partial charge in [-0.25, -0.2) is 4.39 Å². The minimum atomic E-state index is -0.521. The van der Waals surface area contributed by atoms with E-state index in [2.05, 4.69) is 0 Å². The first kappa shape index (κ1) is 15.6. The van der Waals surface area contributed by atoms with E-state index >= 15 is 0 Å². The highest BCUT2D eigenvalue weighted by Gasteiger charge is 2.26. The van der Waals surface area contributed by atoms with Crippen molar-refractivity contribution in [2.45, 2.75) is 19.4 Å². The third-order valence-corrected chi connectivity index (χ3v) is 4.09. The maximum Gasteiger partial charge on any atom is 0.227 e. The van der Waals surface area contributed by atoms with Gasteiger partial charge in [0.05, 0.1) is 12.2 Å². The third kappa shape index (κ3) is 3.32. The van der Waals surface area contributed by atoms with Crippen LogP contribution in [0.25, 0.3) is 0 Å². The van der Waals surface area contributed by atoms with Crippen molar-refractivity contribution < 1.29 is 23.5 Å². The van der Waals surface area contributed by atoms with E-state index in [1.54, 1.807) is 22.9 Å². The van der Waals surface area contributed by atoms with Gasteiger partial charge in [0.15, 0.2) is 18.5 Å². The molecule has 5 heteroatoms. The zero-order valence-electron chi connectivity index (χ0n) is 13.4. The van der Waals surface area contributed by atoms with Crippen LogP contribution in [0, 0.1) is 5.82 Å². The molecule has 25 heavy (non-hydrogen) atoms. The summed E-state index contributed by atoms with van der Waals surface area (Å²) >= 11 is 0. The number of hydrogen-bond donors (Lipinski definition) is 1. The highest BCUT2D eigenvalue weighted by atomic mass is 19.1. The predicted octanol–water partition coefficient (Wildman–Crippen LogP) is 3.47. The van der Waals surface area contributed by atoms with Gasteiger partial charge in [0, 0.05) is 17.2 Å². The van der Waals surface area contributed by atoms with Crippen molar-refractivity contribution in [1.29, 1.82) is 0 Å². The first-order valence-electron chi connectivity index (χ1n) is 8.01. The van der Waals surface area contributed by atoms with E-state index in [1.807, 2.05) is 36.5 Å². The van der Waals surface area contributed by atoms with Crippen molar-refractivity contribution in [3.63, 3.8) is 0 Å². The van der Waals surface area contributed by atoms with E-state index in [4.69, 9.17) is 9.47 Å². The summed E-state index contributed by atoms with van der Waals surface area (Å²) in [6.45, 7) is 0.667. The van der Waals surface area contributed by atoms with Gasteiger partial charge in [-0.05, 0) is 18.2 Å². The first-order chi connectivity index (χ1) is 12.2. The molecule has 0 bridgehead atoms. The lowest BCUT2D eigenvalue weighted by molar-refractivity contribution is -0.688. The largest absolute Gasteiger partial charge is 0.503 e. The lowest BCUT2D eigenvalue weighted by Gasteiger charge is -2.28. The van der Waals surface area contributed by atoms with Crippen LogP contribution >= 0.6 is 0 Å². The van der Waals surface area contributed by atoms with Crippen LogP contribution in [0.1, 0.15) is 23.0 Å².